The van der Waals surface area contributed by atoms with Crippen LogP contribution in [0.1, 0.15) is 11.8 Å². The third-order valence-corrected chi connectivity index (χ3v) is 1.86. The van der Waals surface area contributed by atoms with E-state index in [4.69, 9.17) is 5.73 Å². The molecule has 0 saturated carbocycles. The number of anilines is 1. The van der Waals surface area contributed by atoms with Crippen molar-refractivity contribution >= 4 is 17.4 Å². The van der Waals surface area contributed by atoms with Gasteiger partial charge in [-0.3, -0.25) is 0 Å². The van der Waals surface area contributed by atoms with Gasteiger partial charge >= 0.3 is 0 Å². The van der Waals surface area contributed by atoms with Gasteiger partial charge in [0.05, 0.1) is 4.88 Å². The lowest BCUT2D eigenvalue weighted by atomic mass is 10.5. The molecule has 10 heavy (non-hydrogen) atoms. The maximum Gasteiger partial charge on any atom is 0.163 e. The summed E-state index contributed by atoms with van der Waals surface area (Å²) in [5.41, 5.74) is 5.48. The lowest BCUT2D eigenvalue weighted by Crippen LogP contribution is -2.11. The van der Waals surface area contributed by atoms with Crippen LogP contribution in [-0.4, -0.2) is 16.1 Å². The number of hydrogen-bond acceptors (Lipinski definition) is 5. The summed E-state index contributed by atoms with van der Waals surface area (Å²) in [7, 11) is 0. The molecule has 0 aliphatic carbocycles. The molecule has 0 aromatic carbocycles. The summed E-state index contributed by atoms with van der Waals surface area (Å²) in [6.45, 7) is 3.77. The second-order valence-corrected chi connectivity index (χ2v) is 2.70. The first kappa shape index (κ1) is 7.43. The van der Waals surface area contributed by atoms with Crippen LogP contribution in [-0.2, 0) is 6.54 Å². The Morgan fingerprint density at radius 2 is 2.50 bits per heavy atom. The number of aromatic nitrogens is 2. The highest BCUT2D eigenvalue weighted by atomic mass is 32.1. The van der Waals surface area contributed by atoms with Crippen molar-refractivity contribution in [2.24, 2.45) is 0 Å². The standard InChI is InChI=1S/C5H10N4S/c1-2-7-3-4-5(6)8-9-10-4/h7H,2-3,6H2,1H3. The monoisotopic (exact) mass is 158 g/mol. The van der Waals surface area contributed by atoms with E-state index in [1.54, 1.807) is 0 Å². The molecule has 0 radical (unpaired) electrons. The first-order chi connectivity index (χ1) is 4.84. The summed E-state index contributed by atoms with van der Waals surface area (Å²) in [4.78, 5) is 1.02. The third-order valence-electron chi connectivity index (χ3n) is 1.12. The Morgan fingerprint density at radius 3 is 3.00 bits per heavy atom. The molecule has 1 aromatic heterocycles. The molecule has 0 fully saturated rings. The smallest absolute Gasteiger partial charge is 0.163 e. The van der Waals surface area contributed by atoms with Gasteiger partial charge in [-0.25, -0.2) is 0 Å². The van der Waals surface area contributed by atoms with Crippen LogP contribution in [0, 0.1) is 0 Å². The van der Waals surface area contributed by atoms with Crippen LogP contribution in [0.25, 0.3) is 0 Å². The normalized spacial score (nSPS) is 10.1. The highest BCUT2D eigenvalue weighted by molar-refractivity contribution is 7.06. The minimum atomic E-state index is 0.547. The fraction of sp³-hybridized carbons (Fsp3) is 0.600. The van der Waals surface area contributed by atoms with E-state index in [9.17, 15) is 0 Å². The predicted octanol–water partition coefficient (Wildman–Crippen LogP) is 0.230. The highest BCUT2D eigenvalue weighted by Crippen LogP contribution is 2.10. The van der Waals surface area contributed by atoms with Crippen molar-refractivity contribution in [2.45, 2.75) is 13.5 Å². The fourth-order valence-electron chi connectivity index (χ4n) is 0.578. The zero-order valence-electron chi connectivity index (χ0n) is 5.79. The van der Waals surface area contributed by atoms with Gasteiger partial charge in [-0.05, 0) is 18.1 Å². The van der Waals surface area contributed by atoms with Crippen molar-refractivity contribution in [1.29, 1.82) is 0 Å². The maximum atomic E-state index is 5.48. The van der Waals surface area contributed by atoms with E-state index in [0.29, 0.717) is 5.82 Å². The molecule has 0 amide bonds. The number of nitrogen functional groups attached to an aromatic ring is 1. The molecular formula is C5H10N4S. The Balaban J connectivity index is 2.49. The predicted molar refractivity (Wildman–Crippen MR) is 41.7 cm³/mol. The van der Waals surface area contributed by atoms with Gasteiger partial charge in [-0.15, -0.1) is 5.10 Å². The number of nitrogens with one attached hydrogen (secondary N) is 1. The number of hydrogen-bond donors (Lipinski definition) is 2. The van der Waals surface area contributed by atoms with Gasteiger partial charge in [0, 0.05) is 6.54 Å². The third kappa shape index (κ3) is 1.65. The Morgan fingerprint density at radius 1 is 1.70 bits per heavy atom. The average Bonchev–Trinajstić information content (AvgIpc) is 2.31. The zero-order chi connectivity index (χ0) is 7.40. The van der Waals surface area contributed by atoms with E-state index in [2.05, 4.69) is 14.9 Å². The van der Waals surface area contributed by atoms with Gasteiger partial charge in [0.25, 0.3) is 0 Å². The molecule has 0 bridgehead atoms. The van der Waals surface area contributed by atoms with E-state index in [1.165, 1.54) is 11.5 Å². The molecule has 1 aromatic rings. The molecule has 3 N–H and O–H groups in total. The molecule has 0 unspecified atom stereocenters. The van der Waals surface area contributed by atoms with Gasteiger partial charge in [-0.2, -0.15) is 0 Å². The van der Waals surface area contributed by atoms with E-state index >= 15 is 0 Å². The molecule has 0 aliphatic rings. The number of nitrogens with zero attached hydrogens (tertiary/aromatic N) is 2. The van der Waals surface area contributed by atoms with Crippen molar-refractivity contribution in [3.8, 4) is 0 Å². The van der Waals surface area contributed by atoms with Crippen molar-refractivity contribution in [2.75, 3.05) is 12.3 Å². The molecule has 0 saturated heterocycles. The van der Waals surface area contributed by atoms with Crippen LogP contribution in [0.2, 0.25) is 0 Å². The van der Waals surface area contributed by atoms with Gasteiger partial charge in [-0.1, -0.05) is 11.4 Å². The largest absolute Gasteiger partial charge is 0.381 e. The molecule has 0 atom stereocenters. The number of nitrogens with two attached hydrogens (primary N) is 1. The molecule has 56 valence electrons. The summed E-state index contributed by atoms with van der Waals surface area (Å²) in [6.07, 6.45) is 0. The summed E-state index contributed by atoms with van der Waals surface area (Å²) in [5, 5.41) is 6.82. The summed E-state index contributed by atoms with van der Waals surface area (Å²) in [5.74, 6) is 0.547. The van der Waals surface area contributed by atoms with Crippen LogP contribution < -0.4 is 11.1 Å². The minimum absolute atomic E-state index is 0.547. The van der Waals surface area contributed by atoms with Gasteiger partial charge in [0.15, 0.2) is 5.82 Å². The zero-order valence-corrected chi connectivity index (χ0v) is 6.61. The summed E-state index contributed by atoms with van der Waals surface area (Å²) < 4.78 is 3.70. The van der Waals surface area contributed by atoms with Crippen LogP contribution in [0.3, 0.4) is 0 Å². The van der Waals surface area contributed by atoms with Gasteiger partial charge in [0.1, 0.15) is 0 Å². The lowest BCUT2D eigenvalue weighted by molar-refractivity contribution is 0.735. The Labute approximate surface area is 63.6 Å². The molecule has 0 aliphatic heterocycles. The SMILES string of the molecule is CCNCc1snnc1N. The summed E-state index contributed by atoms with van der Waals surface area (Å²) >= 11 is 1.34. The fourth-order valence-corrected chi connectivity index (χ4v) is 1.11. The first-order valence-corrected chi connectivity index (χ1v) is 3.89. The molecular weight excluding hydrogens is 148 g/mol. The quantitative estimate of drug-likeness (QED) is 0.661. The Hall–Kier alpha value is -0.680. The van der Waals surface area contributed by atoms with Crippen LogP contribution >= 0.6 is 11.5 Å². The first-order valence-electron chi connectivity index (χ1n) is 3.12. The second kappa shape index (κ2) is 3.48. The minimum Gasteiger partial charge on any atom is -0.381 e. The maximum absolute atomic E-state index is 5.48. The van der Waals surface area contributed by atoms with E-state index in [0.717, 1.165) is 18.0 Å². The topological polar surface area (TPSA) is 63.8 Å². The van der Waals surface area contributed by atoms with E-state index in [-0.39, 0.29) is 0 Å². The van der Waals surface area contributed by atoms with Crippen molar-refractivity contribution in [1.82, 2.24) is 14.9 Å². The lowest BCUT2D eigenvalue weighted by Gasteiger charge is -1.95. The van der Waals surface area contributed by atoms with Crippen LogP contribution in [0.4, 0.5) is 5.82 Å². The van der Waals surface area contributed by atoms with Crippen molar-refractivity contribution in [3.05, 3.63) is 4.88 Å². The number of rotatable bonds is 3. The molecule has 1 rings (SSSR count). The van der Waals surface area contributed by atoms with E-state index in [1.807, 2.05) is 6.92 Å². The average molecular weight is 158 g/mol. The summed E-state index contributed by atoms with van der Waals surface area (Å²) in [6, 6.07) is 0. The second-order valence-electron chi connectivity index (χ2n) is 1.86. The van der Waals surface area contributed by atoms with Crippen LogP contribution in [0.15, 0.2) is 0 Å². The molecule has 1 heterocycles. The van der Waals surface area contributed by atoms with Crippen LogP contribution in [0.5, 0.6) is 0 Å². The molecule has 4 nitrogen and oxygen atoms in total. The van der Waals surface area contributed by atoms with Crippen molar-refractivity contribution < 1.29 is 0 Å². The molecule has 5 heteroatoms. The Bertz CT molecular complexity index is 197. The molecule has 0 spiro atoms. The van der Waals surface area contributed by atoms with Gasteiger partial charge in [0.2, 0.25) is 0 Å². The van der Waals surface area contributed by atoms with Gasteiger partial charge < -0.3 is 11.1 Å². The van der Waals surface area contributed by atoms with E-state index < -0.39 is 0 Å². The highest BCUT2D eigenvalue weighted by Gasteiger charge is 2.00. The Kier molecular flexibility index (Phi) is 2.58. The van der Waals surface area contributed by atoms with Crippen molar-refractivity contribution in [3.63, 3.8) is 0 Å².